The monoisotopic (exact) mass is 344 g/mol. The molecule has 0 aromatic heterocycles. The zero-order chi connectivity index (χ0) is 17.5. The van der Waals surface area contributed by atoms with Crippen LogP contribution in [0.4, 0.5) is 5.69 Å². The van der Waals surface area contributed by atoms with E-state index in [0.717, 1.165) is 16.8 Å². The summed E-state index contributed by atoms with van der Waals surface area (Å²) in [5.41, 5.74) is 2.87. The first-order valence-corrected chi connectivity index (χ1v) is 8.19. The van der Waals surface area contributed by atoms with Crippen LogP contribution in [0.5, 0.6) is 0 Å². The van der Waals surface area contributed by atoms with Crippen molar-refractivity contribution in [3.63, 3.8) is 0 Å². The van der Waals surface area contributed by atoms with Gasteiger partial charge in [-0.3, -0.25) is 9.59 Å². The van der Waals surface area contributed by atoms with Crippen molar-refractivity contribution in [1.82, 2.24) is 5.32 Å². The van der Waals surface area contributed by atoms with Crippen LogP contribution in [0.1, 0.15) is 18.1 Å². The first kappa shape index (κ1) is 18.0. The smallest absolute Gasteiger partial charge is 0.240 e. The van der Waals surface area contributed by atoms with E-state index in [1.54, 1.807) is 0 Å². The number of anilines is 1. The second-order valence-electron chi connectivity index (χ2n) is 5.67. The molecule has 0 saturated carbocycles. The van der Waals surface area contributed by atoms with E-state index in [4.69, 9.17) is 11.6 Å². The molecular weight excluding hydrogens is 324 g/mol. The summed E-state index contributed by atoms with van der Waals surface area (Å²) in [4.78, 5) is 25.5. The number of nitrogens with one attached hydrogen (secondary N) is 1. The summed E-state index contributed by atoms with van der Waals surface area (Å²) in [6.45, 7) is 3.94. The van der Waals surface area contributed by atoms with Crippen LogP contribution in [-0.4, -0.2) is 24.9 Å². The van der Waals surface area contributed by atoms with Gasteiger partial charge in [0.2, 0.25) is 11.8 Å². The molecule has 24 heavy (non-hydrogen) atoms. The predicted octanol–water partition coefficient (Wildman–Crippen LogP) is 3.36. The van der Waals surface area contributed by atoms with Crippen LogP contribution < -0.4 is 10.2 Å². The Hall–Kier alpha value is -2.33. The number of nitrogens with zero attached hydrogens (tertiary/aromatic N) is 1. The third kappa shape index (κ3) is 5.39. The van der Waals surface area contributed by atoms with E-state index >= 15 is 0 Å². The van der Waals surface area contributed by atoms with Crippen LogP contribution in [0.15, 0.2) is 48.5 Å². The molecule has 2 rings (SSSR count). The van der Waals surface area contributed by atoms with Gasteiger partial charge in [0.05, 0.1) is 0 Å². The Kier molecular flexibility index (Phi) is 6.38. The van der Waals surface area contributed by atoms with Crippen molar-refractivity contribution in [2.75, 3.05) is 18.0 Å². The number of benzene rings is 2. The fourth-order valence-electron chi connectivity index (χ4n) is 2.38. The molecular formula is C19H21ClN2O2. The summed E-state index contributed by atoms with van der Waals surface area (Å²) >= 11 is 5.85. The standard InChI is InChI=1S/C19H21ClN2O2/c1-14-4-3-5-18(12-14)22(15(2)23)13-19(24)21-11-10-16-6-8-17(20)9-7-16/h3-9,12H,10-11,13H2,1-2H3,(H,21,24). The highest BCUT2D eigenvalue weighted by Crippen LogP contribution is 2.16. The van der Waals surface area contributed by atoms with Crippen molar-refractivity contribution in [3.05, 3.63) is 64.7 Å². The average molecular weight is 345 g/mol. The number of carbonyl (C=O) groups is 2. The van der Waals surface area contributed by atoms with Crippen LogP contribution in [0, 0.1) is 6.92 Å². The van der Waals surface area contributed by atoms with E-state index in [1.807, 2.05) is 55.5 Å². The maximum Gasteiger partial charge on any atom is 0.240 e. The predicted molar refractivity (Wildman–Crippen MR) is 97.4 cm³/mol. The van der Waals surface area contributed by atoms with Gasteiger partial charge in [0.1, 0.15) is 6.54 Å². The molecule has 0 bridgehead atoms. The van der Waals surface area contributed by atoms with Gasteiger partial charge < -0.3 is 10.2 Å². The molecule has 2 aromatic rings. The minimum absolute atomic E-state index is 0.0133. The first-order valence-electron chi connectivity index (χ1n) is 7.81. The zero-order valence-corrected chi connectivity index (χ0v) is 14.6. The largest absolute Gasteiger partial charge is 0.354 e. The molecule has 0 radical (unpaired) electrons. The summed E-state index contributed by atoms with van der Waals surface area (Å²) in [7, 11) is 0. The summed E-state index contributed by atoms with van der Waals surface area (Å²) < 4.78 is 0. The Morgan fingerprint density at radius 3 is 2.46 bits per heavy atom. The molecule has 0 unspecified atom stereocenters. The summed E-state index contributed by atoms with van der Waals surface area (Å²) in [5.74, 6) is -0.339. The second kappa shape index (κ2) is 8.50. The highest BCUT2D eigenvalue weighted by atomic mass is 35.5. The van der Waals surface area contributed by atoms with E-state index in [-0.39, 0.29) is 18.4 Å². The van der Waals surface area contributed by atoms with E-state index in [2.05, 4.69) is 5.32 Å². The van der Waals surface area contributed by atoms with Gasteiger partial charge in [-0.1, -0.05) is 35.9 Å². The number of hydrogen-bond donors (Lipinski definition) is 1. The Morgan fingerprint density at radius 2 is 1.83 bits per heavy atom. The van der Waals surface area contributed by atoms with Gasteiger partial charge >= 0.3 is 0 Å². The topological polar surface area (TPSA) is 49.4 Å². The maximum absolute atomic E-state index is 12.1. The molecule has 1 N–H and O–H groups in total. The van der Waals surface area contributed by atoms with Crippen molar-refractivity contribution in [2.45, 2.75) is 20.3 Å². The van der Waals surface area contributed by atoms with Crippen LogP contribution in [-0.2, 0) is 16.0 Å². The minimum Gasteiger partial charge on any atom is -0.354 e. The van der Waals surface area contributed by atoms with Crippen molar-refractivity contribution in [2.24, 2.45) is 0 Å². The average Bonchev–Trinajstić information content (AvgIpc) is 2.54. The number of aryl methyl sites for hydroxylation is 1. The summed E-state index contributed by atoms with van der Waals surface area (Å²) in [6, 6.07) is 15.1. The maximum atomic E-state index is 12.1. The van der Waals surface area contributed by atoms with Gasteiger partial charge in [-0.25, -0.2) is 0 Å². The molecule has 5 heteroatoms. The lowest BCUT2D eigenvalue weighted by atomic mass is 10.1. The zero-order valence-electron chi connectivity index (χ0n) is 13.9. The van der Waals surface area contributed by atoms with Crippen molar-refractivity contribution in [3.8, 4) is 0 Å². The van der Waals surface area contributed by atoms with Gasteiger partial charge in [0.25, 0.3) is 0 Å². The number of amides is 2. The van der Waals surface area contributed by atoms with E-state index in [0.29, 0.717) is 18.0 Å². The highest BCUT2D eigenvalue weighted by Gasteiger charge is 2.15. The number of rotatable bonds is 6. The Labute approximate surface area is 147 Å². The van der Waals surface area contributed by atoms with Crippen molar-refractivity contribution < 1.29 is 9.59 Å². The normalized spacial score (nSPS) is 10.3. The number of hydrogen-bond acceptors (Lipinski definition) is 2. The quantitative estimate of drug-likeness (QED) is 0.873. The molecule has 0 aliphatic rings. The summed E-state index contributed by atoms with van der Waals surface area (Å²) in [6.07, 6.45) is 0.716. The molecule has 0 aliphatic carbocycles. The fourth-order valence-corrected chi connectivity index (χ4v) is 2.50. The van der Waals surface area contributed by atoms with Crippen LogP contribution in [0.25, 0.3) is 0 Å². The van der Waals surface area contributed by atoms with Crippen LogP contribution in [0.3, 0.4) is 0 Å². The van der Waals surface area contributed by atoms with Gasteiger partial charge in [0.15, 0.2) is 0 Å². The number of carbonyl (C=O) groups excluding carboxylic acids is 2. The molecule has 2 amide bonds. The summed E-state index contributed by atoms with van der Waals surface area (Å²) in [5, 5.41) is 3.54. The molecule has 126 valence electrons. The van der Waals surface area contributed by atoms with Crippen molar-refractivity contribution in [1.29, 1.82) is 0 Å². The number of halogens is 1. The fraction of sp³-hybridized carbons (Fsp3) is 0.263. The Morgan fingerprint density at radius 1 is 1.12 bits per heavy atom. The van der Waals surface area contributed by atoms with E-state index in [9.17, 15) is 9.59 Å². The molecule has 2 aromatic carbocycles. The van der Waals surface area contributed by atoms with Crippen LogP contribution in [0.2, 0.25) is 5.02 Å². The van der Waals surface area contributed by atoms with Gasteiger partial charge in [-0.2, -0.15) is 0 Å². The molecule has 0 fully saturated rings. The second-order valence-corrected chi connectivity index (χ2v) is 6.11. The molecule has 0 aliphatic heterocycles. The first-order chi connectivity index (χ1) is 11.5. The molecule has 0 atom stereocenters. The third-order valence-corrected chi connectivity index (χ3v) is 3.90. The molecule has 0 spiro atoms. The molecule has 4 nitrogen and oxygen atoms in total. The lowest BCUT2D eigenvalue weighted by molar-refractivity contribution is -0.123. The van der Waals surface area contributed by atoms with E-state index < -0.39 is 0 Å². The highest BCUT2D eigenvalue weighted by molar-refractivity contribution is 6.30. The Bertz CT molecular complexity index is 714. The minimum atomic E-state index is -0.180. The lowest BCUT2D eigenvalue weighted by Gasteiger charge is -2.21. The SMILES string of the molecule is CC(=O)N(CC(=O)NCCc1ccc(Cl)cc1)c1cccc(C)c1. The van der Waals surface area contributed by atoms with Crippen LogP contribution >= 0.6 is 11.6 Å². The third-order valence-electron chi connectivity index (χ3n) is 3.64. The molecule has 0 saturated heterocycles. The van der Waals surface area contributed by atoms with Crippen molar-refractivity contribution >= 4 is 29.1 Å². The molecule has 0 heterocycles. The van der Waals surface area contributed by atoms with Gasteiger partial charge in [0, 0.05) is 24.2 Å². The van der Waals surface area contributed by atoms with Gasteiger partial charge in [-0.15, -0.1) is 0 Å². The Balaban J connectivity index is 1.89. The van der Waals surface area contributed by atoms with Gasteiger partial charge in [-0.05, 0) is 48.7 Å². The lowest BCUT2D eigenvalue weighted by Crippen LogP contribution is -2.40. The van der Waals surface area contributed by atoms with E-state index in [1.165, 1.54) is 11.8 Å².